The van der Waals surface area contributed by atoms with Gasteiger partial charge in [-0.05, 0) is 33.6 Å². The van der Waals surface area contributed by atoms with Crippen molar-refractivity contribution < 1.29 is 29.6 Å². The summed E-state index contributed by atoms with van der Waals surface area (Å²) in [6.07, 6.45) is 0.418. The number of ether oxygens (including phenoxy) is 1. The maximum atomic E-state index is 10.7. The van der Waals surface area contributed by atoms with Crippen LogP contribution in [0.3, 0.4) is 0 Å². The number of carbonyl (C=O) groups is 2. The highest BCUT2D eigenvalue weighted by molar-refractivity contribution is 5.86. The summed E-state index contributed by atoms with van der Waals surface area (Å²) in [4.78, 5) is 20.9. The third-order valence-corrected chi connectivity index (χ3v) is 2.28. The van der Waals surface area contributed by atoms with Gasteiger partial charge in [0.25, 0.3) is 0 Å². The number of rotatable bonds is 8. The van der Waals surface area contributed by atoms with E-state index < -0.39 is 24.1 Å². The molecule has 0 spiro atoms. The summed E-state index contributed by atoms with van der Waals surface area (Å²) in [6, 6.07) is 0. The highest BCUT2D eigenvalue weighted by Gasteiger charge is 2.04. The third-order valence-electron chi connectivity index (χ3n) is 2.28. The molecular formula is C15H26O6. The Morgan fingerprint density at radius 1 is 1.10 bits per heavy atom. The van der Waals surface area contributed by atoms with E-state index in [-0.39, 0.29) is 12.2 Å². The first kappa shape index (κ1) is 21.6. The highest BCUT2D eigenvalue weighted by Crippen LogP contribution is 2.04. The molecule has 0 aliphatic carbocycles. The average Bonchev–Trinajstić information content (AvgIpc) is 2.35. The Labute approximate surface area is 125 Å². The van der Waals surface area contributed by atoms with Gasteiger partial charge in [0.05, 0.1) is 18.8 Å². The van der Waals surface area contributed by atoms with Crippen molar-refractivity contribution in [2.24, 2.45) is 0 Å². The van der Waals surface area contributed by atoms with E-state index in [1.807, 2.05) is 0 Å². The monoisotopic (exact) mass is 302 g/mol. The van der Waals surface area contributed by atoms with E-state index in [1.165, 1.54) is 0 Å². The summed E-state index contributed by atoms with van der Waals surface area (Å²) >= 11 is 0. The predicted octanol–water partition coefficient (Wildman–Crippen LogP) is 1.66. The molecule has 21 heavy (non-hydrogen) atoms. The molecule has 0 aliphatic heterocycles. The third kappa shape index (κ3) is 16.3. The topological polar surface area (TPSA) is 104 Å². The largest absolute Gasteiger partial charge is 0.478 e. The number of carboxylic acid groups (broad SMARTS) is 1. The highest BCUT2D eigenvalue weighted by atomic mass is 16.5. The van der Waals surface area contributed by atoms with Crippen LogP contribution in [-0.4, -0.2) is 46.1 Å². The Balaban J connectivity index is 0. The Kier molecular flexibility index (Phi) is 12.5. The van der Waals surface area contributed by atoms with Crippen molar-refractivity contribution in [2.45, 2.75) is 52.2 Å². The Hall–Kier alpha value is -1.66. The molecule has 0 bridgehead atoms. The molecule has 0 fully saturated rings. The van der Waals surface area contributed by atoms with E-state index in [1.54, 1.807) is 20.8 Å². The molecule has 6 nitrogen and oxygen atoms in total. The van der Waals surface area contributed by atoms with E-state index in [4.69, 9.17) is 20.1 Å². The molecule has 3 N–H and O–H groups in total. The molecule has 0 saturated heterocycles. The van der Waals surface area contributed by atoms with Gasteiger partial charge in [-0.2, -0.15) is 0 Å². The minimum Gasteiger partial charge on any atom is -0.478 e. The van der Waals surface area contributed by atoms with Crippen LogP contribution in [0.25, 0.3) is 0 Å². The fourth-order valence-electron chi connectivity index (χ4n) is 0.935. The maximum Gasteiger partial charge on any atom is 0.333 e. The number of carboxylic acids is 1. The van der Waals surface area contributed by atoms with E-state index in [9.17, 15) is 9.59 Å². The zero-order chi connectivity index (χ0) is 17.0. The van der Waals surface area contributed by atoms with Gasteiger partial charge in [-0.1, -0.05) is 13.2 Å². The van der Waals surface area contributed by atoms with Gasteiger partial charge in [0.1, 0.15) is 0 Å². The van der Waals surface area contributed by atoms with Gasteiger partial charge >= 0.3 is 11.9 Å². The van der Waals surface area contributed by atoms with Crippen molar-refractivity contribution >= 4 is 11.9 Å². The predicted molar refractivity (Wildman–Crippen MR) is 79.8 cm³/mol. The lowest BCUT2D eigenvalue weighted by Gasteiger charge is -2.05. The quantitative estimate of drug-likeness (QED) is 0.465. The molecule has 0 radical (unpaired) electrons. The number of aliphatic hydroxyl groups excluding tert-OH is 2. The van der Waals surface area contributed by atoms with Gasteiger partial charge in [-0.25, -0.2) is 9.59 Å². The Morgan fingerprint density at radius 3 is 1.90 bits per heavy atom. The number of hydrogen-bond donors (Lipinski definition) is 3. The second-order valence-electron chi connectivity index (χ2n) is 4.85. The molecule has 2 atom stereocenters. The summed E-state index contributed by atoms with van der Waals surface area (Å²) in [6.45, 7) is 11.8. The fraction of sp³-hybridized carbons (Fsp3) is 0.600. The molecule has 0 amide bonds. The smallest absolute Gasteiger partial charge is 0.333 e. The Bertz CT molecular complexity index is 357. The van der Waals surface area contributed by atoms with Gasteiger partial charge in [-0.15, -0.1) is 0 Å². The van der Waals surface area contributed by atoms with E-state index >= 15 is 0 Å². The zero-order valence-corrected chi connectivity index (χ0v) is 13.0. The van der Waals surface area contributed by atoms with Crippen LogP contribution in [0.2, 0.25) is 0 Å². The molecular weight excluding hydrogens is 276 g/mol. The van der Waals surface area contributed by atoms with Crippen LogP contribution in [0.15, 0.2) is 24.3 Å². The van der Waals surface area contributed by atoms with Gasteiger partial charge in [-0.3, -0.25) is 0 Å². The van der Waals surface area contributed by atoms with Crippen molar-refractivity contribution in [2.75, 3.05) is 6.61 Å². The first-order valence-electron chi connectivity index (χ1n) is 6.67. The molecule has 6 heteroatoms. The van der Waals surface area contributed by atoms with Gasteiger partial charge in [0.2, 0.25) is 0 Å². The standard InChI is InChI=1S/C8H14O3.C7H12O3/c1-6(2)8(10)11-5-4-7(3)9;1-5(7(9)10)3-4-6(2)8/h7,9H,1,4-5H2,2-3H3;6,8H,1,3-4H2,2H3,(H,9,10). The van der Waals surface area contributed by atoms with Gasteiger partial charge in [0, 0.05) is 17.6 Å². The first-order chi connectivity index (χ1) is 9.57. The van der Waals surface area contributed by atoms with Crippen molar-refractivity contribution in [1.82, 2.24) is 0 Å². The van der Waals surface area contributed by atoms with Crippen LogP contribution < -0.4 is 0 Å². The van der Waals surface area contributed by atoms with Crippen molar-refractivity contribution in [3.63, 3.8) is 0 Å². The summed E-state index contributed by atoms with van der Waals surface area (Å²) in [5, 5.41) is 25.9. The van der Waals surface area contributed by atoms with Crippen LogP contribution in [-0.2, 0) is 14.3 Å². The van der Waals surface area contributed by atoms with E-state index in [0.29, 0.717) is 24.8 Å². The van der Waals surface area contributed by atoms with E-state index in [2.05, 4.69) is 13.2 Å². The summed E-state index contributed by atoms with van der Waals surface area (Å²) < 4.78 is 4.72. The lowest BCUT2D eigenvalue weighted by molar-refractivity contribution is -0.139. The molecule has 0 heterocycles. The van der Waals surface area contributed by atoms with Crippen molar-refractivity contribution in [1.29, 1.82) is 0 Å². The minimum absolute atomic E-state index is 0.154. The average molecular weight is 302 g/mol. The van der Waals surface area contributed by atoms with Gasteiger partial charge in [0.15, 0.2) is 0 Å². The second-order valence-corrected chi connectivity index (χ2v) is 4.85. The molecule has 0 aromatic heterocycles. The van der Waals surface area contributed by atoms with Crippen LogP contribution in [0.1, 0.15) is 40.0 Å². The lowest BCUT2D eigenvalue weighted by atomic mass is 10.1. The van der Waals surface area contributed by atoms with E-state index in [0.717, 1.165) is 0 Å². The van der Waals surface area contributed by atoms with Gasteiger partial charge < -0.3 is 20.1 Å². The Morgan fingerprint density at radius 2 is 1.57 bits per heavy atom. The maximum absolute atomic E-state index is 10.7. The second kappa shape index (κ2) is 12.1. The molecule has 0 aliphatic rings. The molecule has 122 valence electrons. The van der Waals surface area contributed by atoms with Crippen molar-refractivity contribution in [3.8, 4) is 0 Å². The van der Waals surface area contributed by atoms with Crippen LogP contribution >= 0.6 is 0 Å². The summed E-state index contributed by atoms with van der Waals surface area (Å²) in [7, 11) is 0. The molecule has 2 unspecified atom stereocenters. The molecule has 0 saturated carbocycles. The lowest BCUT2D eigenvalue weighted by Crippen LogP contribution is -2.10. The number of carbonyl (C=O) groups excluding carboxylic acids is 1. The number of aliphatic hydroxyl groups is 2. The van der Waals surface area contributed by atoms with Crippen LogP contribution in [0.5, 0.6) is 0 Å². The molecule has 0 aromatic rings. The normalized spacial score (nSPS) is 12.4. The number of hydrogen-bond acceptors (Lipinski definition) is 5. The SMILES string of the molecule is C=C(C)C(=O)OCCC(C)O.C=C(CCC(C)O)C(=O)O. The first-order valence-corrected chi connectivity index (χ1v) is 6.67. The summed E-state index contributed by atoms with van der Waals surface area (Å²) in [5.74, 6) is -1.38. The van der Waals surface area contributed by atoms with Crippen LogP contribution in [0, 0.1) is 0 Å². The fourth-order valence-corrected chi connectivity index (χ4v) is 0.935. The summed E-state index contributed by atoms with van der Waals surface area (Å²) in [5.41, 5.74) is 0.538. The molecule has 0 aromatic carbocycles. The van der Waals surface area contributed by atoms with Crippen molar-refractivity contribution in [3.05, 3.63) is 24.3 Å². The molecule has 0 rings (SSSR count). The number of esters is 1. The number of aliphatic carboxylic acids is 1. The minimum atomic E-state index is -0.986. The zero-order valence-electron chi connectivity index (χ0n) is 13.0. The van der Waals surface area contributed by atoms with Crippen LogP contribution in [0.4, 0.5) is 0 Å².